The van der Waals surface area contributed by atoms with Gasteiger partial charge in [0.2, 0.25) is 0 Å². The normalized spacial score (nSPS) is 13.6. The summed E-state index contributed by atoms with van der Waals surface area (Å²) in [5.74, 6) is 0. The van der Waals surface area contributed by atoms with Crippen LogP contribution in [0.2, 0.25) is 0 Å². The molecule has 0 fully saturated rings. The largest absolute Gasteiger partial charge is 0.270 e. The summed E-state index contributed by atoms with van der Waals surface area (Å²) >= 11 is 9.21. The van der Waals surface area contributed by atoms with Crippen LogP contribution in [-0.2, 0) is 7.05 Å². The molecule has 4 heteroatoms. The minimum absolute atomic E-state index is 0.00174. The van der Waals surface area contributed by atoms with E-state index in [9.17, 15) is 0 Å². The van der Waals surface area contributed by atoms with Gasteiger partial charge in [0.1, 0.15) is 0 Å². The second-order valence-corrected chi connectivity index (χ2v) is 3.63. The van der Waals surface area contributed by atoms with Gasteiger partial charge in [0.25, 0.3) is 0 Å². The third-order valence-corrected chi connectivity index (χ3v) is 2.13. The van der Waals surface area contributed by atoms with Gasteiger partial charge in [-0.2, -0.15) is 5.10 Å². The fraction of sp³-hybridized carbons (Fsp3) is 0.500. The van der Waals surface area contributed by atoms with Crippen LogP contribution in [0.5, 0.6) is 0 Å². The molecule has 1 aromatic heterocycles. The summed E-state index contributed by atoms with van der Waals surface area (Å²) in [6, 6.07) is 0. The van der Waals surface area contributed by atoms with Crippen LogP contribution in [0.15, 0.2) is 10.7 Å². The van der Waals surface area contributed by atoms with Crippen LogP contribution in [0.25, 0.3) is 0 Å². The van der Waals surface area contributed by atoms with Crippen LogP contribution in [0.4, 0.5) is 0 Å². The summed E-state index contributed by atoms with van der Waals surface area (Å²) in [5, 5.41) is 4.02. The molecule has 2 nitrogen and oxygen atoms in total. The molecule has 0 amide bonds. The Hall–Kier alpha value is -0.0200. The minimum Gasteiger partial charge on any atom is -0.270 e. The van der Waals surface area contributed by atoms with Gasteiger partial charge in [-0.3, -0.25) is 4.68 Å². The van der Waals surface area contributed by atoms with Gasteiger partial charge < -0.3 is 0 Å². The van der Waals surface area contributed by atoms with E-state index in [1.807, 2.05) is 14.0 Å². The molecule has 0 aliphatic rings. The highest BCUT2D eigenvalue weighted by Gasteiger charge is 2.10. The van der Waals surface area contributed by atoms with Gasteiger partial charge in [-0.15, -0.1) is 11.6 Å². The SMILES string of the molecule is CC(Cl)c1c(Br)cnn1C. The van der Waals surface area contributed by atoms with Crippen LogP contribution in [-0.4, -0.2) is 9.78 Å². The van der Waals surface area contributed by atoms with Gasteiger partial charge in [-0.1, -0.05) is 0 Å². The van der Waals surface area contributed by atoms with E-state index in [1.165, 1.54) is 0 Å². The molecule has 0 saturated carbocycles. The summed E-state index contributed by atoms with van der Waals surface area (Å²) in [6.07, 6.45) is 1.74. The van der Waals surface area contributed by atoms with E-state index in [-0.39, 0.29) is 5.38 Å². The number of aromatic nitrogens is 2. The predicted molar refractivity (Wildman–Crippen MR) is 45.2 cm³/mol. The smallest absolute Gasteiger partial charge is 0.0737 e. The number of hydrogen-bond acceptors (Lipinski definition) is 1. The van der Waals surface area contributed by atoms with E-state index in [2.05, 4.69) is 21.0 Å². The van der Waals surface area contributed by atoms with E-state index in [4.69, 9.17) is 11.6 Å². The highest BCUT2D eigenvalue weighted by molar-refractivity contribution is 9.10. The Morgan fingerprint density at radius 1 is 1.80 bits per heavy atom. The molecule has 1 atom stereocenters. The van der Waals surface area contributed by atoms with Crippen molar-refractivity contribution in [2.45, 2.75) is 12.3 Å². The van der Waals surface area contributed by atoms with Crippen molar-refractivity contribution in [2.75, 3.05) is 0 Å². The maximum Gasteiger partial charge on any atom is 0.0737 e. The van der Waals surface area contributed by atoms with Gasteiger partial charge in [0.15, 0.2) is 0 Å². The average Bonchev–Trinajstić information content (AvgIpc) is 2.11. The lowest BCUT2D eigenvalue weighted by atomic mass is 10.3. The number of nitrogens with zero attached hydrogens (tertiary/aromatic N) is 2. The number of hydrogen-bond donors (Lipinski definition) is 0. The van der Waals surface area contributed by atoms with E-state index in [0.717, 1.165) is 10.2 Å². The molecule has 0 saturated heterocycles. The average molecular weight is 224 g/mol. The van der Waals surface area contributed by atoms with Crippen molar-refractivity contribution in [3.8, 4) is 0 Å². The maximum absolute atomic E-state index is 5.86. The molecule has 1 rings (SSSR count). The molecule has 1 unspecified atom stereocenters. The first-order valence-corrected chi connectivity index (χ1v) is 4.17. The summed E-state index contributed by atoms with van der Waals surface area (Å²) in [4.78, 5) is 0. The van der Waals surface area contributed by atoms with Crippen molar-refractivity contribution in [3.63, 3.8) is 0 Å². The van der Waals surface area contributed by atoms with Crippen LogP contribution in [0, 0.1) is 0 Å². The summed E-state index contributed by atoms with van der Waals surface area (Å²) < 4.78 is 2.74. The number of halogens is 2. The molecule has 0 spiro atoms. The Bertz CT molecular complexity index is 212. The highest BCUT2D eigenvalue weighted by Crippen LogP contribution is 2.26. The highest BCUT2D eigenvalue weighted by atomic mass is 79.9. The zero-order valence-electron chi connectivity index (χ0n) is 5.81. The first-order valence-electron chi connectivity index (χ1n) is 2.94. The molecule has 0 N–H and O–H groups in total. The fourth-order valence-electron chi connectivity index (χ4n) is 0.868. The van der Waals surface area contributed by atoms with E-state index in [1.54, 1.807) is 10.9 Å². The van der Waals surface area contributed by atoms with Crippen molar-refractivity contribution in [3.05, 3.63) is 16.4 Å². The Morgan fingerprint density at radius 2 is 2.40 bits per heavy atom. The zero-order valence-corrected chi connectivity index (χ0v) is 8.15. The predicted octanol–water partition coefficient (Wildman–Crippen LogP) is 2.48. The van der Waals surface area contributed by atoms with Crippen molar-refractivity contribution >= 4 is 27.5 Å². The molecule has 0 aliphatic carbocycles. The number of rotatable bonds is 1. The first kappa shape index (κ1) is 8.08. The van der Waals surface area contributed by atoms with Gasteiger partial charge in [0.05, 0.1) is 21.7 Å². The number of aryl methyl sites for hydroxylation is 1. The van der Waals surface area contributed by atoms with Crippen molar-refractivity contribution in [1.82, 2.24) is 9.78 Å². The number of alkyl halides is 1. The van der Waals surface area contributed by atoms with Gasteiger partial charge >= 0.3 is 0 Å². The molecule has 1 heterocycles. The van der Waals surface area contributed by atoms with Crippen molar-refractivity contribution in [1.29, 1.82) is 0 Å². The third kappa shape index (κ3) is 1.35. The van der Waals surface area contributed by atoms with E-state index >= 15 is 0 Å². The maximum atomic E-state index is 5.86. The van der Waals surface area contributed by atoms with Crippen LogP contribution >= 0.6 is 27.5 Å². The Kier molecular flexibility index (Phi) is 2.36. The molecule has 0 radical (unpaired) electrons. The lowest BCUT2D eigenvalue weighted by molar-refractivity contribution is 0.710. The monoisotopic (exact) mass is 222 g/mol. The lowest BCUT2D eigenvalue weighted by Gasteiger charge is -2.02. The summed E-state index contributed by atoms with van der Waals surface area (Å²) in [7, 11) is 1.87. The van der Waals surface area contributed by atoms with Crippen LogP contribution in [0.3, 0.4) is 0 Å². The molecular formula is C6H8BrClN2. The molecule has 0 bridgehead atoms. The topological polar surface area (TPSA) is 17.8 Å². The molecular weight excluding hydrogens is 215 g/mol. The van der Waals surface area contributed by atoms with E-state index in [0.29, 0.717) is 0 Å². The van der Waals surface area contributed by atoms with Crippen LogP contribution in [0.1, 0.15) is 18.0 Å². The second-order valence-electron chi connectivity index (χ2n) is 2.12. The van der Waals surface area contributed by atoms with Gasteiger partial charge in [0, 0.05) is 7.05 Å². The first-order chi connectivity index (χ1) is 4.63. The Labute approximate surface area is 73.3 Å². The van der Waals surface area contributed by atoms with Gasteiger partial charge in [-0.05, 0) is 22.9 Å². The molecule has 1 aromatic rings. The minimum atomic E-state index is 0.00174. The van der Waals surface area contributed by atoms with Crippen molar-refractivity contribution in [2.24, 2.45) is 7.05 Å². The summed E-state index contributed by atoms with van der Waals surface area (Å²) in [5.41, 5.74) is 1.02. The quantitative estimate of drug-likeness (QED) is 0.669. The third-order valence-electron chi connectivity index (χ3n) is 1.31. The summed E-state index contributed by atoms with van der Waals surface area (Å²) in [6.45, 7) is 1.92. The Morgan fingerprint density at radius 3 is 2.60 bits per heavy atom. The van der Waals surface area contributed by atoms with E-state index < -0.39 is 0 Å². The Balaban J connectivity index is 3.10. The van der Waals surface area contributed by atoms with Gasteiger partial charge in [-0.25, -0.2) is 0 Å². The molecule has 0 aliphatic heterocycles. The molecule has 56 valence electrons. The second kappa shape index (κ2) is 2.93. The zero-order chi connectivity index (χ0) is 7.72. The fourth-order valence-corrected chi connectivity index (χ4v) is 1.95. The van der Waals surface area contributed by atoms with Crippen molar-refractivity contribution < 1.29 is 0 Å². The van der Waals surface area contributed by atoms with Crippen LogP contribution < -0.4 is 0 Å². The molecule has 0 aromatic carbocycles. The molecule has 10 heavy (non-hydrogen) atoms. The lowest BCUT2D eigenvalue weighted by Crippen LogP contribution is -1.98. The standard InChI is InChI=1S/C6H8BrClN2/c1-4(8)6-5(7)3-9-10(6)2/h3-4H,1-2H3.